The van der Waals surface area contributed by atoms with Crippen molar-refractivity contribution in [2.45, 2.75) is 401 Å². The fourth-order valence-corrected chi connectivity index (χ4v) is 13.1. The first-order chi connectivity index (χ1) is 45.6. The Hall–Kier alpha value is -1.94. The average molecular weight is 1400 g/mol. The van der Waals surface area contributed by atoms with Crippen molar-refractivity contribution in [1.29, 1.82) is 0 Å². The second-order valence-electron chi connectivity index (χ2n) is 29.3. The molecule has 0 saturated carbocycles. The Kier molecular flexibility index (Phi) is 64.0. The summed E-state index contributed by atoms with van der Waals surface area (Å²) < 4.78 is 68.5. The van der Waals surface area contributed by atoms with Gasteiger partial charge in [-0.15, -0.1) is 0 Å². The number of hydrogen-bond donors (Lipinski definition) is 3. The number of aliphatic hydroxyl groups excluding tert-OH is 1. The van der Waals surface area contributed by atoms with Gasteiger partial charge in [-0.05, 0) is 49.4 Å². The largest absolute Gasteiger partial charge is 0.472 e. The number of unbranched alkanes of at least 4 members (excludes halogenated alkanes) is 39. The zero-order valence-electron chi connectivity index (χ0n) is 62.3. The molecule has 0 heterocycles. The molecule has 0 spiro atoms. The van der Waals surface area contributed by atoms with Gasteiger partial charge in [0.1, 0.15) is 19.3 Å². The van der Waals surface area contributed by atoms with Crippen LogP contribution in [0.5, 0.6) is 0 Å². The van der Waals surface area contributed by atoms with Crippen LogP contribution in [0, 0.1) is 23.7 Å². The Labute approximate surface area is 581 Å². The van der Waals surface area contributed by atoms with Gasteiger partial charge < -0.3 is 33.8 Å². The van der Waals surface area contributed by atoms with E-state index < -0.39 is 97.5 Å². The number of phosphoric ester groups is 2. The molecule has 564 valence electrons. The number of ether oxygens (including phenoxy) is 4. The minimum Gasteiger partial charge on any atom is -0.462 e. The average Bonchev–Trinajstić information content (AvgIpc) is 2.96. The molecule has 95 heavy (non-hydrogen) atoms. The SMILES string of the molecule is CC(C)CCCCCCCCCCCCCCCC(=O)O[C@H](COC(=O)CCCCCCCCCCCCCCC(C)C)COP(=O)(O)OCC(O)COP(=O)(O)OC[C@@H](COC(=O)CCCCCCCCCC(C)C)OC(=O)CCCCCCCCCCCCCC(C)C. The summed E-state index contributed by atoms with van der Waals surface area (Å²) in [6, 6.07) is 0. The van der Waals surface area contributed by atoms with E-state index in [1.807, 2.05) is 0 Å². The molecule has 0 aromatic rings. The maximum Gasteiger partial charge on any atom is 0.472 e. The smallest absolute Gasteiger partial charge is 0.462 e. The van der Waals surface area contributed by atoms with Crippen molar-refractivity contribution in [3.05, 3.63) is 0 Å². The van der Waals surface area contributed by atoms with Crippen molar-refractivity contribution in [1.82, 2.24) is 0 Å². The quantitative estimate of drug-likeness (QED) is 0.0222. The van der Waals surface area contributed by atoms with Gasteiger partial charge in [-0.3, -0.25) is 37.3 Å². The molecule has 0 fully saturated rings. The number of hydrogen-bond acceptors (Lipinski definition) is 15. The van der Waals surface area contributed by atoms with Gasteiger partial charge in [0.05, 0.1) is 26.4 Å². The van der Waals surface area contributed by atoms with Crippen molar-refractivity contribution in [2.24, 2.45) is 23.7 Å². The Morgan fingerprint density at radius 1 is 0.263 bits per heavy atom. The topological polar surface area (TPSA) is 237 Å². The molecular weight excluding hydrogens is 1250 g/mol. The Balaban J connectivity index is 5.26. The lowest BCUT2D eigenvalue weighted by molar-refractivity contribution is -0.161. The Morgan fingerprint density at radius 2 is 0.442 bits per heavy atom. The summed E-state index contributed by atoms with van der Waals surface area (Å²) in [6.07, 6.45) is 50.0. The number of rotatable bonds is 73. The molecular formula is C76H148O17P2. The van der Waals surface area contributed by atoms with Crippen LogP contribution in [0.2, 0.25) is 0 Å². The Bertz CT molecular complexity index is 1870. The summed E-state index contributed by atoms with van der Waals surface area (Å²) in [4.78, 5) is 72.8. The number of esters is 4. The van der Waals surface area contributed by atoms with Crippen LogP contribution < -0.4 is 0 Å². The molecule has 0 bridgehead atoms. The highest BCUT2D eigenvalue weighted by atomic mass is 31.2. The van der Waals surface area contributed by atoms with Crippen molar-refractivity contribution in [3.8, 4) is 0 Å². The predicted octanol–water partition coefficient (Wildman–Crippen LogP) is 22.0. The second-order valence-corrected chi connectivity index (χ2v) is 32.2. The van der Waals surface area contributed by atoms with E-state index in [2.05, 4.69) is 55.4 Å². The van der Waals surface area contributed by atoms with Crippen LogP contribution in [-0.2, 0) is 65.4 Å². The van der Waals surface area contributed by atoms with Gasteiger partial charge >= 0.3 is 39.5 Å². The number of phosphoric acid groups is 2. The van der Waals surface area contributed by atoms with Gasteiger partial charge in [0.15, 0.2) is 12.2 Å². The molecule has 5 atom stereocenters. The van der Waals surface area contributed by atoms with Gasteiger partial charge in [-0.1, -0.05) is 331 Å². The van der Waals surface area contributed by atoms with E-state index in [0.29, 0.717) is 31.6 Å². The van der Waals surface area contributed by atoms with Crippen LogP contribution in [0.15, 0.2) is 0 Å². The summed E-state index contributed by atoms with van der Waals surface area (Å²) in [5.41, 5.74) is 0. The van der Waals surface area contributed by atoms with Gasteiger partial charge in [-0.2, -0.15) is 0 Å². The van der Waals surface area contributed by atoms with Crippen LogP contribution in [0.1, 0.15) is 383 Å². The highest BCUT2D eigenvalue weighted by Gasteiger charge is 2.30. The zero-order valence-corrected chi connectivity index (χ0v) is 64.1. The third-order valence-electron chi connectivity index (χ3n) is 17.6. The molecule has 0 aliphatic heterocycles. The summed E-state index contributed by atoms with van der Waals surface area (Å²) in [7, 11) is -9.91. The standard InChI is InChI=1S/C76H148O17P2/c1-66(2)52-44-36-28-21-15-10-9-11-19-25-33-42-50-58-75(80)92-71(62-86-73(78)56-48-40-32-24-18-13-12-16-22-29-37-45-53-67(3)4)64-90-94(82,83)88-60-70(77)61-89-95(84,85)91-65-72(63-87-74(79)57-49-41-35-27-31-39-47-55-69(7)8)93-76(81)59-51-43-34-26-20-14-17-23-30-38-46-54-68(5)6/h66-72,77H,9-65H2,1-8H3,(H,82,83)(H,84,85)/t70?,71-,72-/m1/s1. The van der Waals surface area contributed by atoms with Gasteiger partial charge in [0.25, 0.3) is 0 Å². The lowest BCUT2D eigenvalue weighted by Crippen LogP contribution is -2.30. The van der Waals surface area contributed by atoms with Crippen LogP contribution in [0.25, 0.3) is 0 Å². The van der Waals surface area contributed by atoms with Crippen molar-refractivity contribution in [2.75, 3.05) is 39.6 Å². The molecule has 3 N–H and O–H groups in total. The van der Waals surface area contributed by atoms with Crippen molar-refractivity contribution in [3.63, 3.8) is 0 Å². The normalized spacial score (nSPS) is 14.1. The molecule has 0 amide bonds. The predicted molar refractivity (Wildman–Crippen MR) is 386 cm³/mol. The zero-order chi connectivity index (χ0) is 70.3. The van der Waals surface area contributed by atoms with Crippen LogP contribution in [0.3, 0.4) is 0 Å². The molecule has 0 radical (unpaired) electrons. The van der Waals surface area contributed by atoms with Crippen molar-refractivity contribution < 1.29 is 80.2 Å². The maximum absolute atomic E-state index is 13.1. The molecule has 3 unspecified atom stereocenters. The second kappa shape index (κ2) is 65.4. The molecule has 0 saturated heterocycles. The first-order valence-corrected chi connectivity index (χ1v) is 42.2. The third-order valence-corrected chi connectivity index (χ3v) is 19.5. The van der Waals surface area contributed by atoms with Crippen LogP contribution in [0.4, 0.5) is 0 Å². The lowest BCUT2D eigenvalue weighted by atomic mass is 10.0. The molecule has 0 rings (SSSR count). The maximum atomic E-state index is 13.1. The summed E-state index contributed by atoms with van der Waals surface area (Å²) in [5.74, 6) is 0.918. The van der Waals surface area contributed by atoms with E-state index in [-0.39, 0.29) is 25.7 Å². The van der Waals surface area contributed by atoms with E-state index in [9.17, 15) is 43.2 Å². The molecule has 0 aromatic carbocycles. The van der Waals surface area contributed by atoms with E-state index in [1.165, 1.54) is 180 Å². The molecule has 0 aliphatic carbocycles. The number of carbonyl (C=O) groups is 4. The third kappa shape index (κ3) is 70.3. The highest BCUT2D eigenvalue weighted by Crippen LogP contribution is 2.45. The molecule has 17 nitrogen and oxygen atoms in total. The fraction of sp³-hybridized carbons (Fsp3) is 0.947. The number of carbonyl (C=O) groups excluding carboxylic acids is 4. The van der Waals surface area contributed by atoms with Crippen LogP contribution in [-0.4, -0.2) is 96.7 Å². The first kappa shape index (κ1) is 93.1. The van der Waals surface area contributed by atoms with Crippen LogP contribution >= 0.6 is 15.6 Å². The summed E-state index contributed by atoms with van der Waals surface area (Å²) in [5, 5.41) is 10.6. The number of aliphatic hydroxyl groups is 1. The lowest BCUT2D eigenvalue weighted by Gasteiger charge is -2.21. The summed E-state index contributed by atoms with van der Waals surface area (Å²) in [6.45, 7) is 14.2. The van der Waals surface area contributed by atoms with Gasteiger partial charge in [0, 0.05) is 25.7 Å². The fourth-order valence-electron chi connectivity index (χ4n) is 11.6. The monoisotopic (exact) mass is 1400 g/mol. The van der Waals surface area contributed by atoms with E-state index >= 15 is 0 Å². The van der Waals surface area contributed by atoms with E-state index in [4.69, 9.17) is 37.0 Å². The van der Waals surface area contributed by atoms with E-state index in [0.717, 1.165) is 114 Å². The Morgan fingerprint density at radius 3 is 0.653 bits per heavy atom. The minimum atomic E-state index is -4.96. The molecule has 0 aliphatic rings. The summed E-state index contributed by atoms with van der Waals surface area (Å²) >= 11 is 0. The highest BCUT2D eigenvalue weighted by molar-refractivity contribution is 7.47. The molecule has 0 aromatic heterocycles. The van der Waals surface area contributed by atoms with Gasteiger partial charge in [0.2, 0.25) is 0 Å². The van der Waals surface area contributed by atoms with Crippen molar-refractivity contribution >= 4 is 39.5 Å². The molecule has 19 heteroatoms. The minimum absolute atomic E-state index is 0.105. The van der Waals surface area contributed by atoms with Gasteiger partial charge in [-0.25, -0.2) is 9.13 Å². The van der Waals surface area contributed by atoms with E-state index in [1.54, 1.807) is 0 Å². The first-order valence-electron chi connectivity index (χ1n) is 39.2.